The molecule has 11 rings (SSSR count). The third-order valence-corrected chi connectivity index (χ3v) is 12.2. The SMILES string of the molecule is Cc1ccccc1N(c1ccc2c(c1)C1(c3ccccc3Oc3c1ccc1ccccc31)c1ccccc1-2)c1ccc2sc3ccccc3c2c1. The van der Waals surface area contributed by atoms with Gasteiger partial charge in [0.05, 0.1) is 5.41 Å². The van der Waals surface area contributed by atoms with Crippen molar-refractivity contribution in [2.45, 2.75) is 12.3 Å². The Bertz CT molecular complexity index is 2880. The number of ether oxygens (including phenoxy) is 1. The number of aryl methyl sites for hydroxylation is 1. The van der Waals surface area contributed by atoms with Crippen molar-refractivity contribution in [3.63, 3.8) is 0 Å². The zero-order chi connectivity index (χ0) is 33.7. The highest BCUT2D eigenvalue weighted by atomic mass is 32.1. The zero-order valence-corrected chi connectivity index (χ0v) is 28.7. The van der Waals surface area contributed by atoms with Gasteiger partial charge in [0.15, 0.2) is 0 Å². The molecule has 1 aliphatic carbocycles. The number of hydrogen-bond acceptors (Lipinski definition) is 3. The molecule has 2 nitrogen and oxygen atoms in total. The smallest absolute Gasteiger partial charge is 0.140 e. The van der Waals surface area contributed by atoms with Crippen LogP contribution in [0.25, 0.3) is 42.1 Å². The molecule has 8 aromatic carbocycles. The summed E-state index contributed by atoms with van der Waals surface area (Å²) >= 11 is 1.86. The largest absolute Gasteiger partial charge is 0.456 e. The Labute approximate surface area is 300 Å². The average molecular weight is 670 g/mol. The van der Waals surface area contributed by atoms with Crippen molar-refractivity contribution in [3.05, 3.63) is 198 Å². The minimum absolute atomic E-state index is 0.568. The first-order chi connectivity index (χ1) is 25.2. The summed E-state index contributed by atoms with van der Waals surface area (Å²) in [6.45, 7) is 2.21. The van der Waals surface area contributed by atoms with Crippen LogP contribution in [0.15, 0.2) is 170 Å². The van der Waals surface area contributed by atoms with Crippen LogP contribution in [0, 0.1) is 6.92 Å². The van der Waals surface area contributed by atoms with E-state index in [0.717, 1.165) is 28.3 Å². The summed E-state index contributed by atoms with van der Waals surface area (Å²) in [6, 6.07) is 62.3. The molecule has 0 saturated heterocycles. The summed E-state index contributed by atoms with van der Waals surface area (Å²) in [4.78, 5) is 2.45. The van der Waals surface area contributed by atoms with E-state index >= 15 is 0 Å². The van der Waals surface area contributed by atoms with Crippen molar-refractivity contribution in [2.24, 2.45) is 0 Å². The van der Waals surface area contributed by atoms with Crippen molar-refractivity contribution in [3.8, 4) is 22.6 Å². The number of hydrogen-bond donors (Lipinski definition) is 0. The molecule has 1 aromatic heterocycles. The number of fused-ring (bicyclic) bond motifs is 14. The zero-order valence-electron chi connectivity index (χ0n) is 27.9. The third-order valence-electron chi connectivity index (χ3n) is 11.0. The van der Waals surface area contributed by atoms with E-state index in [4.69, 9.17) is 4.74 Å². The molecule has 2 heterocycles. The van der Waals surface area contributed by atoms with E-state index in [1.165, 1.54) is 70.2 Å². The second-order valence-electron chi connectivity index (χ2n) is 13.7. The van der Waals surface area contributed by atoms with Gasteiger partial charge in [0, 0.05) is 53.7 Å². The fourth-order valence-corrected chi connectivity index (χ4v) is 9.94. The van der Waals surface area contributed by atoms with Crippen LogP contribution in [0.3, 0.4) is 0 Å². The minimum Gasteiger partial charge on any atom is -0.456 e. The predicted octanol–water partition coefficient (Wildman–Crippen LogP) is 13.5. The van der Waals surface area contributed by atoms with Crippen LogP contribution in [0.2, 0.25) is 0 Å². The first-order valence-corrected chi connectivity index (χ1v) is 18.3. The molecule has 1 atom stereocenters. The van der Waals surface area contributed by atoms with Gasteiger partial charge in [0.1, 0.15) is 11.5 Å². The van der Waals surface area contributed by atoms with E-state index in [0.29, 0.717) is 0 Å². The number of thiophene rings is 1. The predicted molar refractivity (Wildman–Crippen MR) is 214 cm³/mol. The average Bonchev–Trinajstić information content (AvgIpc) is 3.69. The first-order valence-electron chi connectivity index (χ1n) is 17.5. The third kappa shape index (κ3) is 3.92. The molecule has 0 N–H and O–H groups in total. The van der Waals surface area contributed by atoms with Crippen LogP contribution >= 0.6 is 11.3 Å². The van der Waals surface area contributed by atoms with Gasteiger partial charge < -0.3 is 9.64 Å². The highest BCUT2D eigenvalue weighted by molar-refractivity contribution is 7.25. The maximum Gasteiger partial charge on any atom is 0.140 e. The van der Waals surface area contributed by atoms with Crippen LogP contribution in [-0.2, 0) is 5.41 Å². The number of nitrogens with zero attached hydrogens (tertiary/aromatic N) is 1. The van der Waals surface area contributed by atoms with Crippen LogP contribution in [-0.4, -0.2) is 0 Å². The van der Waals surface area contributed by atoms with E-state index in [-0.39, 0.29) is 0 Å². The molecule has 240 valence electrons. The highest BCUT2D eigenvalue weighted by Crippen LogP contribution is 2.63. The van der Waals surface area contributed by atoms with Crippen molar-refractivity contribution < 1.29 is 4.74 Å². The Morgan fingerprint density at radius 1 is 0.490 bits per heavy atom. The maximum absolute atomic E-state index is 6.90. The molecule has 0 amide bonds. The number of anilines is 3. The van der Waals surface area contributed by atoms with Gasteiger partial charge >= 0.3 is 0 Å². The van der Waals surface area contributed by atoms with Crippen molar-refractivity contribution >= 4 is 59.3 Å². The summed E-state index contributed by atoms with van der Waals surface area (Å²) in [7, 11) is 0. The first kappa shape index (κ1) is 28.7. The molecule has 0 saturated carbocycles. The topological polar surface area (TPSA) is 12.5 Å². The molecule has 1 aliphatic heterocycles. The Balaban J connectivity index is 1.22. The van der Waals surface area contributed by atoms with Crippen molar-refractivity contribution in [2.75, 3.05) is 4.90 Å². The monoisotopic (exact) mass is 669 g/mol. The number of benzene rings is 8. The summed E-state index contributed by atoms with van der Waals surface area (Å²) in [5.41, 5.74) is 11.5. The second kappa shape index (κ2) is 10.7. The van der Waals surface area contributed by atoms with E-state index in [1.54, 1.807) is 0 Å². The Morgan fingerprint density at radius 3 is 2.10 bits per heavy atom. The lowest BCUT2D eigenvalue weighted by atomic mass is 9.65. The molecule has 3 heteroatoms. The van der Waals surface area contributed by atoms with Gasteiger partial charge in [0.25, 0.3) is 0 Å². The lowest BCUT2D eigenvalue weighted by molar-refractivity contribution is 0.441. The molecule has 0 fully saturated rings. The molecule has 51 heavy (non-hydrogen) atoms. The molecule has 9 aromatic rings. The van der Waals surface area contributed by atoms with Crippen LogP contribution in [0.1, 0.15) is 27.8 Å². The normalized spacial score (nSPS) is 15.4. The molecule has 2 aliphatic rings. The number of para-hydroxylation sites is 2. The summed E-state index contributed by atoms with van der Waals surface area (Å²) < 4.78 is 9.51. The van der Waals surface area contributed by atoms with Gasteiger partial charge in [-0.05, 0) is 88.7 Å². The van der Waals surface area contributed by atoms with Gasteiger partial charge in [-0.1, -0.05) is 121 Å². The van der Waals surface area contributed by atoms with Gasteiger partial charge in [-0.2, -0.15) is 0 Å². The quantitative estimate of drug-likeness (QED) is 0.186. The lowest BCUT2D eigenvalue weighted by Crippen LogP contribution is -2.32. The van der Waals surface area contributed by atoms with Crippen LogP contribution in [0.5, 0.6) is 11.5 Å². The van der Waals surface area contributed by atoms with Gasteiger partial charge in [-0.3, -0.25) is 0 Å². The minimum atomic E-state index is -0.568. The van der Waals surface area contributed by atoms with Crippen molar-refractivity contribution in [1.82, 2.24) is 0 Å². The fraction of sp³-hybridized carbons (Fsp3) is 0.0417. The Hall–Kier alpha value is -6.16. The van der Waals surface area contributed by atoms with Crippen LogP contribution in [0.4, 0.5) is 17.1 Å². The summed E-state index contributed by atoms with van der Waals surface area (Å²) in [5.74, 6) is 1.84. The number of rotatable bonds is 3. The van der Waals surface area contributed by atoms with Gasteiger partial charge in [-0.15, -0.1) is 11.3 Å². The highest BCUT2D eigenvalue weighted by Gasteiger charge is 2.51. The van der Waals surface area contributed by atoms with E-state index in [1.807, 2.05) is 11.3 Å². The van der Waals surface area contributed by atoms with E-state index in [9.17, 15) is 0 Å². The maximum atomic E-state index is 6.90. The molecule has 0 radical (unpaired) electrons. The fourth-order valence-electron chi connectivity index (χ4n) is 8.85. The Kier molecular flexibility index (Phi) is 5.99. The molecule has 0 bridgehead atoms. The van der Waals surface area contributed by atoms with Crippen molar-refractivity contribution in [1.29, 1.82) is 0 Å². The van der Waals surface area contributed by atoms with Gasteiger partial charge in [-0.25, -0.2) is 0 Å². The summed E-state index contributed by atoms with van der Waals surface area (Å²) in [5, 5.41) is 4.89. The second-order valence-corrected chi connectivity index (χ2v) is 14.8. The molecule has 1 unspecified atom stereocenters. The van der Waals surface area contributed by atoms with E-state index < -0.39 is 5.41 Å². The van der Waals surface area contributed by atoms with E-state index in [2.05, 4.69) is 182 Å². The van der Waals surface area contributed by atoms with Crippen LogP contribution < -0.4 is 9.64 Å². The lowest BCUT2D eigenvalue weighted by Gasteiger charge is -2.40. The van der Waals surface area contributed by atoms with Gasteiger partial charge in [0.2, 0.25) is 0 Å². The standard InChI is InChI=1S/C48H31NOS/c1-30-12-2-9-19-43(30)49(32-24-27-46-38(28-32)37-16-6-11-21-45(37)51-46)33-23-25-36-35-15-5-7-17-39(35)48(42(36)29-33)40-18-8-10-20-44(40)50-47-34-14-4-3-13-31(34)22-26-41(47)48/h2-29H,1H3. The molecular weight excluding hydrogens is 639 g/mol. The molecule has 1 spiro atoms. The summed E-state index contributed by atoms with van der Waals surface area (Å²) in [6.07, 6.45) is 0. The molecular formula is C48H31NOS. The Morgan fingerprint density at radius 2 is 1.18 bits per heavy atom.